The Kier molecular flexibility index (Phi) is 2.81. The maximum absolute atomic E-state index is 10.8. The van der Waals surface area contributed by atoms with Crippen molar-refractivity contribution in [1.82, 2.24) is 9.55 Å². The molecule has 1 fully saturated rings. The zero-order chi connectivity index (χ0) is 10.8. The van der Waals surface area contributed by atoms with Crippen LogP contribution in [-0.4, -0.2) is 38.6 Å². The van der Waals surface area contributed by atoms with E-state index in [0.29, 0.717) is 6.42 Å². The van der Waals surface area contributed by atoms with Crippen molar-refractivity contribution in [2.45, 2.75) is 24.9 Å². The second-order valence-corrected chi connectivity index (χ2v) is 3.46. The van der Waals surface area contributed by atoms with Gasteiger partial charge in [0.05, 0.1) is 12.7 Å². The minimum absolute atomic E-state index is 0.217. The first-order valence-corrected chi connectivity index (χ1v) is 4.69. The fourth-order valence-electron chi connectivity index (χ4n) is 1.59. The molecule has 1 aromatic rings. The fraction of sp³-hybridized carbons (Fsp3) is 0.556. The van der Waals surface area contributed by atoms with Crippen molar-refractivity contribution in [3.05, 3.63) is 28.9 Å². The predicted octanol–water partition coefficient (Wildman–Crippen LogP) is -1.12. The van der Waals surface area contributed by atoms with Gasteiger partial charge in [0.2, 0.25) is 0 Å². The highest BCUT2D eigenvalue weighted by Gasteiger charge is 2.33. The molecule has 2 rings (SSSR count). The van der Waals surface area contributed by atoms with E-state index in [1.807, 2.05) is 0 Å². The molecule has 15 heavy (non-hydrogen) atoms. The summed E-state index contributed by atoms with van der Waals surface area (Å²) in [4.78, 5) is 14.3. The van der Waals surface area contributed by atoms with E-state index in [-0.39, 0.29) is 18.4 Å². The second kappa shape index (κ2) is 4.09. The number of aliphatic hydroxyl groups excluding tert-OH is 2. The minimum atomic E-state index is -0.681. The van der Waals surface area contributed by atoms with E-state index in [4.69, 9.17) is 9.84 Å². The molecule has 1 aromatic heterocycles. The summed E-state index contributed by atoms with van der Waals surface area (Å²) in [5.41, 5.74) is -0.316. The fourth-order valence-corrected chi connectivity index (χ4v) is 1.59. The Labute approximate surface area is 85.8 Å². The smallest absolute Gasteiger partial charge is 0.272 e. The van der Waals surface area contributed by atoms with Crippen molar-refractivity contribution in [2.75, 3.05) is 6.61 Å². The third-order valence-electron chi connectivity index (χ3n) is 2.42. The van der Waals surface area contributed by atoms with Crippen LogP contribution in [0.2, 0.25) is 0 Å². The third kappa shape index (κ3) is 2.06. The Morgan fingerprint density at radius 1 is 1.67 bits per heavy atom. The number of aromatic nitrogens is 2. The molecular weight excluding hydrogens is 200 g/mol. The number of nitrogens with zero attached hydrogens (tertiary/aromatic N) is 2. The van der Waals surface area contributed by atoms with Gasteiger partial charge in [0.25, 0.3) is 5.56 Å². The molecule has 0 saturated carbocycles. The van der Waals surface area contributed by atoms with Gasteiger partial charge >= 0.3 is 0 Å². The minimum Gasteiger partial charge on any atom is -0.394 e. The van der Waals surface area contributed by atoms with Crippen LogP contribution < -0.4 is 5.56 Å². The first-order chi connectivity index (χ1) is 7.20. The Bertz CT molecular complexity index is 371. The lowest BCUT2D eigenvalue weighted by molar-refractivity contribution is -0.0448. The monoisotopic (exact) mass is 212 g/mol. The highest BCUT2D eigenvalue weighted by molar-refractivity contribution is 4.87. The summed E-state index contributed by atoms with van der Waals surface area (Å²) < 4.78 is 6.97. The second-order valence-electron chi connectivity index (χ2n) is 3.46. The third-order valence-corrected chi connectivity index (χ3v) is 2.42. The van der Waals surface area contributed by atoms with Gasteiger partial charge in [0.1, 0.15) is 18.7 Å². The molecule has 82 valence electrons. The molecule has 0 aliphatic carbocycles. The molecule has 1 aliphatic rings. The summed E-state index contributed by atoms with van der Waals surface area (Å²) >= 11 is 0. The molecule has 6 heteroatoms. The van der Waals surface area contributed by atoms with Gasteiger partial charge in [-0.15, -0.1) is 0 Å². The van der Waals surface area contributed by atoms with Gasteiger partial charge < -0.3 is 19.5 Å². The molecule has 0 radical (unpaired) electrons. The summed E-state index contributed by atoms with van der Waals surface area (Å²) in [6, 6.07) is 1.32. The lowest BCUT2D eigenvalue weighted by atomic mass is 10.2. The molecule has 2 N–H and O–H groups in total. The maximum atomic E-state index is 10.8. The van der Waals surface area contributed by atoms with Crippen LogP contribution in [0.1, 0.15) is 12.6 Å². The zero-order valence-corrected chi connectivity index (χ0v) is 7.98. The molecule has 2 heterocycles. The number of ether oxygens (including phenoxy) is 1. The van der Waals surface area contributed by atoms with Crippen molar-refractivity contribution in [1.29, 1.82) is 0 Å². The van der Waals surface area contributed by atoms with Gasteiger partial charge in [0, 0.05) is 18.7 Å². The maximum Gasteiger partial charge on any atom is 0.272 e. The highest BCUT2D eigenvalue weighted by Crippen LogP contribution is 2.27. The summed E-state index contributed by atoms with van der Waals surface area (Å²) in [6.07, 6.45) is 1.68. The Morgan fingerprint density at radius 3 is 3.00 bits per heavy atom. The molecule has 1 saturated heterocycles. The van der Waals surface area contributed by atoms with Crippen LogP contribution in [0.15, 0.2) is 23.4 Å². The Balaban J connectivity index is 2.13. The number of rotatable bonds is 2. The lowest BCUT2D eigenvalue weighted by Crippen LogP contribution is -2.24. The largest absolute Gasteiger partial charge is 0.394 e. The van der Waals surface area contributed by atoms with E-state index in [1.165, 1.54) is 12.4 Å². The van der Waals surface area contributed by atoms with Crippen LogP contribution >= 0.6 is 0 Å². The van der Waals surface area contributed by atoms with Gasteiger partial charge in [0.15, 0.2) is 0 Å². The zero-order valence-electron chi connectivity index (χ0n) is 7.98. The summed E-state index contributed by atoms with van der Waals surface area (Å²) in [6.45, 7) is -0.217. The van der Waals surface area contributed by atoms with Crippen molar-refractivity contribution in [2.24, 2.45) is 0 Å². The first kappa shape index (κ1) is 10.3. The number of hydrogen-bond acceptors (Lipinski definition) is 5. The molecule has 0 unspecified atom stereocenters. The molecular formula is C9H12N2O4. The van der Waals surface area contributed by atoms with E-state index in [2.05, 4.69) is 4.98 Å². The Hall–Kier alpha value is -1.24. The van der Waals surface area contributed by atoms with E-state index in [1.54, 1.807) is 10.8 Å². The SMILES string of the molecule is O=c1ccn([C@H]2C[C@@H](O)[C@@H](CO)O2)cn1. The normalized spacial score (nSPS) is 30.7. The molecule has 0 spiro atoms. The standard InChI is InChI=1S/C9H12N2O4/c12-4-7-6(13)3-9(15-7)11-2-1-8(14)10-5-11/h1-2,5-7,9,12-13H,3-4H2/t6-,7-,9-/m1/s1. The van der Waals surface area contributed by atoms with E-state index in [0.717, 1.165) is 0 Å². The van der Waals surface area contributed by atoms with E-state index in [9.17, 15) is 9.90 Å². The van der Waals surface area contributed by atoms with Gasteiger partial charge in [-0.1, -0.05) is 0 Å². The molecule has 0 aromatic carbocycles. The molecule has 0 bridgehead atoms. The predicted molar refractivity (Wildman–Crippen MR) is 50.1 cm³/mol. The summed E-state index contributed by atoms with van der Waals surface area (Å²) in [5, 5.41) is 18.4. The van der Waals surface area contributed by atoms with Gasteiger partial charge in [-0.25, -0.2) is 0 Å². The van der Waals surface area contributed by atoms with Crippen molar-refractivity contribution < 1.29 is 14.9 Å². The average molecular weight is 212 g/mol. The molecule has 6 nitrogen and oxygen atoms in total. The number of hydrogen-bond donors (Lipinski definition) is 2. The van der Waals surface area contributed by atoms with Gasteiger partial charge in [-0.05, 0) is 0 Å². The van der Waals surface area contributed by atoms with Crippen LogP contribution in [0.4, 0.5) is 0 Å². The summed E-state index contributed by atoms with van der Waals surface area (Å²) in [7, 11) is 0. The topological polar surface area (TPSA) is 84.6 Å². The van der Waals surface area contributed by atoms with Gasteiger partial charge in [-0.2, -0.15) is 4.98 Å². The van der Waals surface area contributed by atoms with Crippen LogP contribution in [-0.2, 0) is 4.74 Å². The quantitative estimate of drug-likeness (QED) is 0.649. The van der Waals surface area contributed by atoms with Crippen molar-refractivity contribution in [3.63, 3.8) is 0 Å². The first-order valence-electron chi connectivity index (χ1n) is 4.69. The molecule has 0 amide bonds. The average Bonchev–Trinajstić information content (AvgIpc) is 2.61. The van der Waals surface area contributed by atoms with Gasteiger partial charge in [-0.3, -0.25) is 4.79 Å². The molecule has 3 atom stereocenters. The van der Waals surface area contributed by atoms with Crippen LogP contribution in [0.3, 0.4) is 0 Å². The van der Waals surface area contributed by atoms with Crippen LogP contribution in [0.5, 0.6) is 0 Å². The van der Waals surface area contributed by atoms with Crippen LogP contribution in [0.25, 0.3) is 0 Å². The Morgan fingerprint density at radius 2 is 2.47 bits per heavy atom. The lowest BCUT2D eigenvalue weighted by Gasteiger charge is -2.14. The van der Waals surface area contributed by atoms with Crippen molar-refractivity contribution >= 4 is 0 Å². The summed E-state index contributed by atoms with van der Waals surface area (Å²) in [5.74, 6) is 0. The highest BCUT2D eigenvalue weighted by atomic mass is 16.5. The molecule has 1 aliphatic heterocycles. The number of aliphatic hydroxyl groups is 2. The van der Waals surface area contributed by atoms with Crippen molar-refractivity contribution in [3.8, 4) is 0 Å². The van der Waals surface area contributed by atoms with E-state index >= 15 is 0 Å². The van der Waals surface area contributed by atoms with E-state index < -0.39 is 12.2 Å². The van der Waals surface area contributed by atoms with Crippen LogP contribution in [0, 0.1) is 0 Å².